The van der Waals surface area contributed by atoms with Gasteiger partial charge in [0.05, 0.1) is 13.2 Å². The Bertz CT molecular complexity index is 374. The summed E-state index contributed by atoms with van der Waals surface area (Å²) in [6, 6.07) is 3.35. The molecule has 2 nitrogen and oxygen atoms in total. The Labute approximate surface area is 99.9 Å². The van der Waals surface area contributed by atoms with E-state index >= 15 is 0 Å². The standard InChI is InChI=1S/C13H18F2O2/c1-9(2)13(7-16,8-17)6-10-3-4-11(14)5-12(10)15/h3-5,9,16-17H,6-8H2,1-2H3. The number of hydrogen-bond donors (Lipinski definition) is 2. The zero-order valence-electron chi connectivity index (χ0n) is 10.1. The normalized spacial score (nSPS) is 12.2. The van der Waals surface area contributed by atoms with Gasteiger partial charge < -0.3 is 10.2 Å². The van der Waals surface area contributed by atoms with Crippen molar-refractivity contribution in [2.45, 2.75) is 20.3 Å². The lowest BCUT2D eigenvalue weighted by Gasteiger charge is -2.34. The van der Waals surface area contributed by atoms with Crippen molar-refractivity contribution in [1.29, 1.82) is 0 Å². The second kappa shape index (κ2) is 5.56. The number of benzene rings is 1. The second-order valence-corrected chi connectivity index (χ2v) is 4.75. The molecule has 1 rings (SSSR count). The van der Waals surface area contributed by atoms with E-state index in [9.17, 15) is 19.0 Å². The zero-order chi connectivity index (χ0) is 13.1. The summed E-state index contributed by atoms with van der Waals surface area (Å²) in [5.41, 5.74) is -0.471. The minimum Gasteiger partial charge on any atom is -0.396 e. The third kappa shape index (κ3) is 3.01. The Morgan fingerprint density at radius 1 is 1.18 bits per heavy atom. The molecule has 0 saturated heterocycles. The van der Waals surface area contributed by atoms with E-state index in [4.69, 9.17) is 0 Å². The molecule has 0 saturated carbocycles. The van der Waals surface area contributed by atoms with Gasteiger partial charge in [0.25, 0.3) is 0 Å². The molecule has 1 aromatic carbocycles. The van der Waals surface area contributed by atoms with Gasteiger partial charge in [0.15, 0.2) is 0 Å². The fraction of sp³-hybridized carbons (Fsp3) is 0.538. The minimum absolute atomic E-state index is 0.0121. The van der Waals surface area contributed by atoms with Gasteiger partial charge in [-0.2, -0.15) is 0 Å². The smallest absolute Gasteiger partial charge is 0.129 e. The number of aliphatic hydroxyl groups excluding tert-OH is 2. The third-order valence-electron chi connectivity index (χ3n) is 3.41. The highest BCUT2D eigenvalue weighted by Crippen LogP contribution is 2.31. The van der Waals surface area contributed by atoms with Crippen molar-refractivity contribution < 1.29 is 19.0 Å². The highest BCUT2D eigenvalue weighted by atomic mass is 19.1. The zero-order valence-corrected chi connectivity index (χ0v) is 10.1. The highest BCUT2D eigenvalue weighted by Gasteiger charge is 2.33. The van der Waals surface area contributed by atoms with Crippen molar-refractivity contribution in [2.24, 2.45) is 11.3 Å². The summed E-state index contributed by atoms with van der Waals surface area (Å²) >= 11 is 0. The topological polar surface area (TPSA) is 40.5 Å². The Hall–Kier alpha value is -1.00. The van der Waals surface area contributed by atoms with Gasteiger partial charge >= 0.3 is 0 Å². The van der Waals surface area contributed by atoms with Gasteiger partial charge in [-0.3, -0.25) is 0 Å². The molecule has 2 N–H and O–H groups in total. The van der Waals surface area contributed by atoms with E-state index in [0.29, 0.717) is 5.56 Å². The van der Waals surface area contributed by atoms with Crippen LogP contribution in [0.2, 0.25) is 0 Å². The van der Waals surface area contributed by atoms with Crippen molar-refractivity contribution in [1.82, 2.24) is 0 Å². The summed E-state index contributed by atoms with van der Waals surface area (Å²) in [6.45, 7) is 3.23. The Balaban J connectivity index is 3.01. The molecule has 0 atom stereocenters. The molecule has 0 spiro atoms. The van der Waals surface area contributed by atoms with E-state index < -0.39 is 17.0 Å². The van der Waals surface area contributed by atoms with Gasteiger partial charge in [0, 0.05) is 11.5 Å². The molecule has 0 radical (unpaired) electrons. The van der Waals surface area contributed by atoms with Crippen LogP contribution in [0.3, 0.4) is 0 Å². The van der Waals surface area contributed by atoms with Crippen molar-refractivity contribution in [3.05, 3.63) is 35.4 Å². The lowest BCUT2D eigenvalue weighted by atomic mass is 9.74. The lowest BCUT2D eigenvalue weighted by Crippen LogP contribution is -2.38. The first-order chi connectivity index (χ1) is 7.95. The van der Waals surface area contributed by atoms with E-state index in [0.717, 1.165) is 6.07 Å². The van der Waals surface area contributed by atoms with Crippen LogP contribution in [0.4, 0.5) is 8.78 Å². The van der Waals surface area contributed by atoms with Crippen LogP contribution < -0.4 is 0 Å². The first kappa shape index (κ1) is 14.1. The molecule has 0 aliphatic heterocycles. The van der Waals surface area contributed by atoms with Crippen molar-refractivity contribution in [3.8, 4) is 0 Å². The number of aliphatic hydroxyl groups is 2. The average Bonchev–Trinajstić information content (AvgIpc) is 2.28. The Morgan fingerprint density at radius 2 is 1.76 bits per heavy atom. The molecule has 0 amide bonds. The summed E-state index contributed by atoms with van der Waals surface area (Å²) in [4.78, 5) is 0. The molecule has 0 unspecified atom stereocenters. The van der Waals surface area contributed by atoms with Crippen molar-refractivity contribution in [2.75, 3.05) is 13.2 Å². The fourth-order valence-corrected chi connectivity index (χ4v) is 1.78. The molecule has 0 aromatic heterocycles. The van der Waals surface area contributed by atoms with Crippen LogP contribution in [0.25, 0.3) is 0 Å². The third-order valence-corrected chi connectivity index (χ3v) is 3.41. The molecule has 0 fully saturated rings. The van der Waals surface area contributed by atoms with Crippen molar-refractivity contribution in [3.63, 3.8) is 0 Å². The number of halogens is 2. The number of hydrogen-bond acceptors (Lipinski definition) is 2. The average molecular weight is 244 g/mol. The van der Waals surface area contributed by atoms with E-state index in [1.807, 2.05) is 13.8 Å². The number of rotatable bonds is 5. The Morgan fingerprint density at radius 3 is 2.18 bits per heavy atom. The van der Waals surface area contributed by atoms with Gasteiger partial charge in [0.2, 0.25) is 0 Å². The van der Waals surface area contributed by atoms with Crippen LogP contribution in [0.5, 0.6) is 0 Å². The molecular formula is C13H18F2O2. The molecular weight excluding hydrogens is 226 g/mol. The van der Waals surface area contributed by atoms with Crippen molar-refractivity contribution >= 4 is 0 Å². The summed E-state index contributed by atoms with van der Waals surface area (Å²) in [5.74, 6) is -1.28. The minimum atomic E-state index is -0.779. The van der Waals surface area contributed by atoms with Crippen LogP contribution in [0, 0.1) is 23.0 Å². The van der Waals surface area contributed by atoms with Gasteiger partial charge in [-0.15, -0.1) is 0 Å². The maximum Gasteiger partial charge on any atom is 0.129 e. The van der Waals surface area contributed by atoms with E-state index in [1.165, 1.54) is 12.1 Å². The molecule has 0 heterocycles. The maximum atomic E-state index is 13.5. The van der Waals surface area contributed by atoms with Crippen LogP contribution in [0.1, 0.15) is 19.4 Å². The molecule has 0 bridgehead atoms. The van der Waals surface area contributed by atoms with Gasteiger partial charge in [-0.25, -0.2) is 8.78 Å². The predicted octanol–water partition coefficient (Wildman–Crippen LogP) is 2.13. The summed E-state index contributed by atoms with van der Waals surface area (Å²) in [7, 11) is 0. The predicted molar refractivity (Wildman–Crippen MR) is 61.5 cm³/mol. The van der Waals surface area contributed by atoms with Gasteiger partial charge in [-0.1, -0.05) is 19.9 Å². The van der Waals surface area contributed by atoms with Crippen LogP contribution in [0.15, 0.2) is 18.2 Å². The summed E-state index contributed by atoms with van der Waals surface area (Å²) in [6.07, 6.45) is 0.184. The fourth-order valence-electron chi connectivity index (χ4n) is 1.78. The SMILES string of the molecule is CC(C)C(CO)(CO)Cc1ccc(F)cc1F. The van der Waals surface area contributed by atoms with Gasteiger partial charge in [0.1, 0.15) is 11.6 Å². The van der Waals surface area contributed by atoms with E-state index in [-0.39, 0.29) is 25.6 Å². The van der Waals surface area contributed by atoms with Crippen LogP contribution >= 0.6 is 0 Å². The largest absolute Gasteiger partial charge is 0.396 e. The molecule has 96 valence electrons. The second-order valence-electron chi connectivity index (χ2n) is 4.75. The van der Waals surface area contributed by atoms with Gasteiger partial charge in [-0.05, 0) is 24.0 Å². The quantitative estimate of drug-likeness (QED) is 0.833. The van der Waals surface area contributed by atoms with Crippen LogP contribution in [-0.2, 0) is 6.42 Å². The first-order valence-electron chi connectivity index (χ1n) is 5.61. The highest BCUT2D eigenvalue weighted by molar-refractivity contribution is 5.20. The molecule has 0 aliphatic rings. The summed E-state index contributed by atoms with van der Waals surface area (Å²) in [5, 5.41) is 18.8. The monoisotopic (exact) mass is 244 g/mol. The lowest BCUT2D eigenvalue weighted by molar-refractivity contribution is 0.0157. The molecule has 0 aliphatic carbocycles. The van der Waals surface area contributed by atoms with E-state index in [2.05, 4.69) is 0 Å². The first-order valence-corrected chi connectivity index (χ1v) is 5.61. The maximum absolute atomic E-state index is 13.5. The summed E-state index contributed by atoms with van der Waals surface area (Å²) < 4.78 is 26.3. The molecule has 4 heteroatoms. The van der Waals surface area contributed by atoms with Crippen LogP contribution in [-0.4, -0.2) is 23.4 Å². The Kier molecular flexibility index (Phi) is 4.60. The van der Waals surface area contributed by atoms with E-state index in [1.54, 1.807) is 0 Å². The molecule has 17 heavy (non-hydrogen) atoms. The molecule has 1 aromatic rings.